The molecule has 0 aliphatic heterocycles. The number of rotatable bonds is 6. The molecule has 1 aromatic carbocycles. The molecule has 0 saturated carbocycles. The number of nitrogens with one attached hydrogen (secondary N) is 2. The average Bonchev–Trinajstić information content (AvgIpc) is 3.01. The van der Waals surface area contributed by atoms with Crippen LogP contribution in [-0.4, -0.2) is 40.6 Å². The first-order valence-electron chi connectivity index (χ1n) is 9.60. The Bertz CT molecular complexity index is 968. The van der Waals surface area contributed by atoms with Gasteiger partial charge in [0.05, 0.1) is 10.7 Å². The maximum Gasteiger partial charge on any atom is 0.271 e. The van der Waals surface area contributed by atoms with Gasteiger partial charge in [0.2, 0.25) is 5.91 Å². The predicted molar refractivity (Wildman–Crippen MR) is 114 cm³/mol. The first-order valence-corrected chi connectivity index (χ1v) is 10.4. The van der Waals surface area contributed by atoms with Gasteiger partial charge in [-0.05, 0) is 49.9 Å². The second-order valence-corrected chi connectivity index (χ2v) is 8.00. The molecule has 1 heterocycles. The second-order valence-electron chi connectivity index (χ2n) is 7.15. The van der Waals surface area contributed by atoms with E-state index in [1.807, 2.05) is 6.92 Å². The Hall–Kier alpha value is -2.31. The van der Waals surface area contributed by atoms with Crippen molar-refractivity contribution in [2.24, 2.45) is 0 Å². The number of aryl methyl sites for hydroxylation is 1. The van der Waals surface area contributed by atoms with E-state index in [0.29, 0.717) is 51.9 Å². The highest BCUT2D eigenvalue weighted by Crippen LogP contribution is 2.28. The van der Waals surface area contributed by atoms with Crippen molar-refractivity contribution in [2.75, 3.05) is 18.4 Å². The number of aromatic amines is 1. The number of nitrogens with zero attached hydrogens (tertiary/aromatic N) is 1. The molecule has 154 valence electrons. The van der Waals surface area contributed by atoms with Crippen LogP contribution in [0.4, 0.5) is 5.69 Å². The summed E-state index contributed by atoms with van der Waals surface area (Å²) >= 11 is 12.1. The fourth-order valence-electron chi connectivity index (χ4n) is 3.62. The van der Waals surface area contributed by atoms with Crippen LogP contribution < -0.4 is 5.32 Å². The molecule has 2 N–H and O–H groups in total. The molecule has 0 spiro atoms. The van der Waals surface area contributed by atoms with Crippen LogP contribution in [0.1, 0.15) is 58.3 Å². The van der Waals surface area contributed by atoms with Crippen LogP contribution in [0.5, 0.6) is 0 Å². The Labute approximate surface area is 179 Å². The number of benzene rings is 1. The van der Waals surface area contributed by atoms with E-state index in [9.17, 15) is 14.4 Å². The minimum atomic E-state index is -0.374. The number of anilines is 1. The first-order chi connectivity index (χ1) is 13.8. The minimum Gasteiger partial charge on any atom is -0.354 e. The Morgan fingerprint density at radius 1 is 1.24 bits per heavy atom. The van der Waals surface area contributed by atoms with Gasteiger partial charge in [0, 0.05) is 29.2 Å². The van der Waals surface area contributed by atoms with Crippen LogP contribution in [-0.2, 0) is 11.2 Å². The van der Waals surface area contributed by atoms with Crippen molar-refractivity contribution < 1.29 is 14.4 Å². The summed E-state index contributed by atoms with van der Waals surface area (Å²) in [6, 6.07) is 4.78. The van der Waals surface area contributed by atoms with Gasteiger partial charge in [-0.3, -0.25) is 14.4 Å². The SMILES string of the molecule is CCCN(CC(=O)Nc1cc(Cl)ccc1Cl)C(=O)c1[nH]c2c(c1C)C(=O)CCC2. The van der Waals surface area contributed by atoms with E-state index < -0.39 is 0 Å². The number of halogens is 2. The zero-order valence-corrected chi connectivity index (χ0v) is 17.9. The van der Waals surface area contributed by atoms with E-state index in [2.05, 4.69) is 10.3 Å². The molecule has 8 heteroatoms. The van der Waals surface area contributed by atoms with Crippen molar-refractivity contribution >= 4 is 46.5 Å². The Morgan fingerprint density at radius 2 is 2.00 bits per heavy atom. The van der Waals surface area contributed by atoms with E-state index in [1.165, 1.54) is 4.90 Å². The highest BCUT2D eigenvalue weighted by Gasteiger charge is 2.29. The molecule has 1 aliphatic rings. The molecule has 1 aliphatic carbocycles. The average molecular weight is 436 g/mol. The van der Waals surface area contributed by atoms with Gasteiger partial charge in [0.15, 0.2) is 5.78 Å². The van der Waals surface area contributed by atoms with Crippen LogP contribution in [0, 0.1) is 6.92 Å². The van der Waals surface area contributed by atoms with Crippen molar-refractivity contribution in [3.8, 4) is 0 Å². The van der Waals surface area contributed by atoms with Gasteiger partial charge >= 0.3 is 0 Å². The predicted octanol–water partition coefficient (Wildman–Crippen LogP) is 4.64. The van der Waals surface area contributed by atoms with Gasteiger partial charge in [-0.1, -0.05) is 30.1 Å². The molecule has 3 rings (SSSR count). The largest absolute Gasteiger partial charge is 0.354 e. The molecular formula is C21H23Cl2N3O3. The molecule has 2 aromatic rings. The third-order valence-electron chi connectivity index (χ3n) is 4.97. The van der Waals surface area contributed by atoms with E-state index >= 15 is 0 Å². The number of carbonyl (C=O) groups is 3. The smallest absolute Gasteiger partial charge is 0.271 e. The number of hydrogen-bond acceptors (Lipinski definition) is 3. The molecule has 0 fully saturated rings. The molecule has 0 atom stereocenters. The van der Waals surface area contributed by atoms with Crippen molar-refractivity contribution in [1.82, 2.24) is 9.88 Å². The summed E-state index contributed by atoms with van der Waals surface area (Å²) in [6.45, 7) is 3.99. The molecule has 2 amide bonds. The Morgan fingerprint density at radius 3 is 2.69 bits per heavy atom. The number of fused-ring (bicyclic) bond motifs is 1. The lowest BCUT2D eigenvalue weighted by Gasteiger charge is -2.21. The molecule has 0 radical (unpaired) electrons. The highest BCUT2D eigenvalue weighted by molar-refractivity contribution is 6.35. The number of carbonyl (C=O) groups excluding carboxylic acids is 3. The minimum absolute atomic E-state index is 0.0643. The van der Waals surface area contributed by atoms with E-state index in [-0.39, 0.29) is 24.1 Å². The topological polar surface area (TPSA) is 82.3 Å². The third kappa shape index (κ3) is 4.65. The summed E-state index contributed by atoms with van der Waals surface area (Å²) in [5.41, 5.74) is 2.88. The molecule has 1 aromatic heterocycles. The zero-order chi connectivity index (χ0) is 21.1. The lowest BCUT2D eigenvalue weighted by atomic mass is 9.94. The van der Waals surface area contributed by atoms with Crippen molar-refractivity contribution in [3.63, 3.8) is 0 Å². The molecule has 0 bridgehead atoms. The highest BCUT2D eigenvalue weighted by atomic mass is 35.5. The van der Waals surface area contributed by atoms with Crippen molar-refractivity contribution in [2.45, 2.75) is 39.5 Å². The number of hydrogen-bond donors (Lipinski definition) is 2. The molecular weight excluding hydrogens is 413 g/mol. The first kappa shape index (κ1) is 21.4. The second kappa shape index (κ2) is 9.01. The Balaban J connectivity index is 1.79. The summed E-state index contributed by atoms with van der Waals surface area (Å²) in [5, 5.41) is 3.51. The quantitative estimate of drug-likeness (QED) is 0.692. The fourth-order valence-corrected chi connectivity index (χ4v) is 3.96. The third-order valence-corrected chi connectivity index (χ3v) is 5.53. The maximum absolute atomic E-state index is 13.1. The van der Waals surface area contributed by atoms with E-state index in [1.54, 1.807) is 25.1 Å². The fraction of sp³-hybridized carbons (Fsp3) is 0.381. The zero-order valence-electron chi connectivity index (χ0n) is 16.4. The van der Waals surface area contributed by atoms with Crippen LogP contribution in [0.2, 0.25) is 10.0 Å². The number of amides is 2. The van der Waals surface area contributed by atoms with Gasteiger partial charge in [-0.15, -0.1) is 0 Å². The van der Waals surface area contributed by atoms with Crippen LogP contribution >= 0.6 is 23.2 Å². The number of ketones is 1. The van der Waals surface area contributed by atoms with Gasteiger partial charge < -0.3 is 15.2 Å². The van der Waals surface area contributed by atoms with Crippen molar-refractivity contribution in [3.05, 3.63) is 50.8 Å². The van der Waals surface area contributed by atoms with Gasteiger partial charge in [-0.25, -0.2) is 0 Å². The summed E-state index contributed by atoms with van der Waals surface area (Å²) in [4.78, 5) is 42.6. The van der Waals surface area contributed by atoms with E-state index in [4.69, 9.17) is 23.2 Å². The number of aromatic nitrogens is 1. The molecule has 29 heavy (non-hydrogen) atoms. The lowest BCUT2D eigenvalue weighted by molar-refractivity contribution is -0.116. The molecule has 0 saturated heterocycles. The monoisotopic (exact) mass is 435 g/mol. The van der Waals surface area contributed by atoms with Crippen LogP contribution in [0.15, 0.2) is 18.2 Å². The van der Waals surface area contributed by atoms with Crippen LogP contribution in [0.25, 0.3) is 0 Å². The number of H-pyrrole nitrogens is 1. The van der Waals surface area contributed by atoms with Gasteiger partial charge in [0.1, 0.15) is 12.2 Å². The van der Waals surface area contributed by atoms with E-state index in [0.717, 1.165) is 18.5 Å². The summed E-state index contributed by atoms with van der Waals surface area (Å²) in [6.07, 6.45) is 2.72. The normalized spacial score (nSPS) is 13.2. The molecule has 0 unspecified atom stereocenters. The number of Topliss-reactive ketones (excluding diaryl/α,β-unsaturated/α-hetero) is 1. The summed E-state index contributed by atoms with van der Waals surface area (Å²) < 4.78 is 0. The lowest BCUT2D eigenvalue weighted by Crippen LogP contribution is -2.39. The molecule has 6 nitrogen and oxygen atoms in total. The van der Waals surface area contributed by atoms with Gasteiger partial charge in [0.25, 0.3) is 5.91 Å². The maximum atomic E-state index is 13.1. The summed E-state index contributed by atoms with van der Waals surface area (Å²) in [5.74, 6) is -0.602. The van der Waals surface area contributed by atoms with Gasteiger partial charge in [-0.2, -0.15) is 0 Å². The Kier molecular flexibility index (Phi) is 6.65. The standard InChI is InChI=1S/C21H23Cl2N3O3/c1-3-9-26(11-18(28)24-16-10-13(22)7-8-14(16)23)21(29)20-12(2)19-15(25-20)5-4-6-17(19)27/h7-8,10,25H,3-6,9,11H2,1-2H3,(H,24,28). The summed E-state index contributed by atoms with van der Waals surface area (Å²) in [7, 11) is 0. The van der Waals surface area contributed by atoms with Crippen LogP contribution in [0.3, 0.4) is 0 Å². The van der Waals surface area contributed by atoms with Crippen molar-refractivity contribution in [1.29, 1.82) is 0 Å².